The van der Waals surface area contributed by atoms with E-state index in [0.29, 0.717) is 0 Å². The van der Waals surface area contributed by atoms with E-state index in [4.69, 9.17) is 21.4 Å². The molecule has 0 bridgehead atoms. The summed E-state index contributed by atoms with van der Waals surface area (Å²) in [5, 5.41) is 0.167. The monoisotopic (exact) mass is 278 g/mol. The fraction of sp³-hybridized carbons (Fsp3) is 0. The van der Waals surface area contributed by atoms with Gasteiger partial charge in [0.15, 0.2) is 0 Å². The van der Waals surface area contributed by atoms with Crippen molar-refractivity contribution in [1.29, 1.82) is 0 Å². The SMILES string of the molecule is O=P(O)(O)Oc1ccccc1Cl.[Cl-].[Cl-]. The van der Waals surface area contributed by atoms with Gasteiger partial charge < -0.3 is 29.3 Å². The molecule has 0 amide bonds. The van der Waals surface area contributed by atoms with Crippen LogP contribution in [0.2, 0.25) is 5.02 Å². The van der Waals surface area contributed by atoms with Crippen molar-refractivity contribution in [2.45, 2.75) is 0 Å². The highest BCUT2D eigenvalue weighted by Gasteiger charge is 2.17. The van der Waals surface area contributed by atoms with Gasteiger partial charge in [0.25, 0.3) is 0 Å². The van der Waals surface area contributed by atoms with Gasteiger partial charge in [-0.1, -0.05) is 23.7 Å². The first-order chi connectivity index (χ1) is 5.49. The van der Waals surface area contributed by atoms with Crippen LogP contribution in [0.3, 0.4) is 0 Å². The molecule has 0 aromatic heterocycles. The maximum Gasteiger partial charge on any atom is 0.524 e. The standard InChI is InChI=1S/C6H6ClO4P.2ClH/c7-5-3-1-2-4-6(5)11-12(8,9)10;;/h1-4H,(H2,8,9,10);2*1H/p-2. The molecule has 0 saturated heterocycles. The molecule has 14 heavy (non-hydrogen) atoms. The van der Waals surface area contributed by atoms with Gasteiger partial charge in [-0.15, -0.1) is 0 Å². The molecule has 0 unspecified atom stereocenters. The van der Waals surface area contributed by atoms with Gasteiger partial charge in [-0.25, -0.2) is 4.57 Å². The minimum atomic E-state index is -4.50. The van der Waals surface area contributed by atoms with Gasteiger partial charge in [-0.2, -0.15) is 0 Å². The maximum atomic E-state index is 10.4. The Bertz CT molecular complexity index is 327. The molecule has 0 aliphatic heterocycles. The maximum absolute atomic E-state index is 10.4. The van der Waals surface area contributed by atoms with Gasteiger partial charge in [0.1, 0.15) is 5.75 Å². The Morgan fingerprint density at radius 3 is 2.14 bits per heavy atom. The molecular formula is C6H6Cl3O4P-2. The zero-order valence-corrected chi connectivity index (χ0v) is 9.76. The Morgan fingerprint density at radius 1 is 1.21 bits per heavy atom. The Morgan fingerprint density at radius 2 is 1.71 bits per heavy atom. The molecule has 8 heteroatoms. The molecule has 0 radical (unpaired) electrons. The molecule has 0 saturated carbocycles. The van der Waals surface area contributed by atoms with Crippen molar-refractivity contribution in [3.63, 3.8) is 0 Å². The van der Waals surface area contributed by atoms with E-state index >= 15 is 0 Å². The van der Waals surface area contributed by atoms with E-state index in [9.17, 15) is 4.57 Å². The van der Waals surface area contributed by atoms with Crippen molar-refractivity contribution >= 4 is 19.4 Å². The molecule has 82 valence electrons. The van der Waals surface area contributed by atoms with E-state index in [1.165, 1.54) is 12.1 Å². The molecule has 0 aliphatic carbocycles. The van der Waals surface area contributed by atoms with Gasteiger partial charge in [0.2, 0.25) is 0 Å². The van der Waals surface area contributed by atoms with E-state index < -0.39 is 7.82 Å². The van der Waals surface area contributed by atoms with E-state index in [1.54, 1.807) is 12.1 Å². The van der Waals surface area contributed by atoms with Crippen LogP contribution in [0, 0.1) is 0 Å². The summed E-state index contributed by atoms with van der Waals surface area (Å²) >= 11 is 5.56. The summed E-state index contributed by atoms with van der Waals surface area (Å²) in [7, 11) is -4.50. The van der Waals surface area contributed by atoms with Crippen LogP contribution in [0.15, 0.2) is 24.3 Å². The Kier molecular flexibility index (Phi) is 7.66. The third-order valence-corrected chi connectivity index (χ3v) is 1.80. The van der Waals surface area contributed by atoms with Crippen molar-refractivity contribution in [3.8, 4) is 5.75 Å². The predicted molar refractivity (Wildman–Crippen MR) is 44.1 cm³/mol. The molecule has 4 nitrogen and oxygen atoms in total. The molecule has 0 spiro atoms. The molecule has 0 fully saturated rings. The molecule has 0 atom stereocenters. The van der Waals surface area contributed by atoms with E-state index in [2.05, 4.69) is 4.52 Å². The molecular weight excluding hydrogens is 273 g/mol. The van der Waals surface area contributed by atoms with Crippen molar-refractivity contribution in [2.75, 3.05) is 0 Å². The first-order valence-electron chi connectivity index (χ1n) is 2.99. The number of phosphoric ester groups is 1. The van der Waals surface area contributed by atoms with Crippen molar-refractivity contribution < 1.29 is 43.7 Å². The number of hydrogen-bond donors (Lipinski definition) is 2. The van der Waals surface area contributed by atoms with Crippen LogP contribution in [0.25, 0.3) is 0 Å². The largest absolute Gasteiger partial charge is 1.00 e. The Labute approximate surface area is 98.3 Å². The molecule has 0 aliphatic rings. The quantitative estimate of drug-likeness (QED) is 0.539. The minimum absolute atomic E-state index is 0. The first-order valence-corrected chi connectivity index (χ1v) is 4.89. The van der Waals surface area contributed by atoms with Crippen LogP contribution in [0.5, 0.6) is 5.75 Å². The number of phosphoric acid groups is 1. The van der Waals surface area contributed by atoms with Crippen LogP contribution in [0.1, 0.15) is 0 Å². The zero-order chi connectivity index (χ0) is 9.19. The van der Waals surface area contributed by atoms with Gasteiger partial charge >= 0.3 is 7.82 Å². The third-order valence-electron chi connectivity index (χ3n) is 1.05. The minimum Gasteiger partial charge on any atom is -1.00 e. The molecule has 1 aromatic rings. The third kappa shape index (κ3) is 5.70. The van der Waals surface area contributed by atoms with Crippen LogP contribution in [-0.4, -0.2) is 9.79 Å². The zero-order valence-electron chi connectivity index (χ0n) is 6.60. The topological polar surface area (TPSA) is 66.8 Å². The van der Waals surface area contributed by atoms with Gasteiger partial charge in [0.05, 0.1) is 5.02 Å². The second-order valence-corrected chi connectivity index (χ2v) is 3.58. The molecule has 2 N–H and O–H groups in total. The van der Waals surface area contributed by atoms with Crippen molar-refractivity contribution in [1.82, 2.24) is 0 Å². The lowest BCUT2D eigenvalue weighted by molar-refractivity contribution is -0.00100. The van der Waals surface area contributed by atoms with Crippen LogP contribution in [-0.2, 0) is 4.57 Å². The van der Waals surface area contributed by atoms with Crippen molar-refractivity contribution in [3.05, 3.63) is 29.3 Å². The Balaban J connectivity index is 0. The van der Waals surface area contributed by atoms with Gasteiger partial charge in [0, 0.05) is 0 Å². The summed E-state index contributed by atoms with van der Waals surface area (Å²) < 4.78 is 14.6. The average Bonchev–Trinajstić information content (AvgIpc) is 1.91. The number of hydrogen-bond acceptors (Lipinski definition) is 2. The summed E-state index contributed by atoms with van der Waals surface area (Å²) in [6, 6.07) is 6.06. The second-order valence-electron chi connectivity index (χ2n) is 2.01. The molecule has 0 heterocycles. The van der Waals surface area contributed by atoms with Crippen molar-refractivity contribution in [2.24, 2.45) is 0 Å². The lowest BCUT2D eigenvalue weighted by Crippen LogP contribution is -3.00. The highest BCUT2D eigenvalue weighted by molar-refractivity contribution is 7.46. The van der Waals surface area contributed by atoms with Crippen LogP contribution < -0.4 is 29.3 Å². The van der Waals surface area contributed by atoms with Gasteiger partial charge in [-0.3, -0.25) is 9.79 Å². The van der Waals surface area contributed by atoms with Gasteiger partial charge in [-0.05, 0) is 12.1 Å². The fourth-order valence-electron chi connectivity index (χ4n) is 0.647. The highest BCUT2D eigenvalue weighted by atomic mass is 35.5. The lowest BCUT2D eigenvalue weighted by atomic mass is 10.3. The predicted octanol–water partition coefficient (Wildman–Crippen LogP) is -4.18. The summed E-state index contributed by atoms with van der Waals surface area (Å²) in [4.78, 5) is 16.9. The van der Waals surface area contributed by atoms with E-state index in [1.807, 2.05) is 0 Å². The average molecular weight is 279 g/mol. The lowest BCUT2D eigenvalue weighted by Gasteiger charge is -2.06. The Hall–Kier alpha value is 0.0400. The number of rotatable bonds is 2. The highest BCUT2D eigenvalue weighted by Crippen LogP contribution is 2.40. The number of halogens is 3. The number of para-hydroxylation sites is 1. The summed E-state index contributed by atoms with van der Waals surface area (Å²) in [5.74, 6) is -0.0208. The second kappa shape index (κ2) is 6.51. The van der Waals surface area contributed by atoms with Crippen LogP contribution >= 0.6 is 19.4 Å². The smallest absolute Gasteiger partial charge is 0.524 e. The number of benzene rings is 1. The van der Waals surface area contributed by atoms with E-state index in [0.717, 1.165) is 0 Å². The van der Waals surface area contributed by atoms with Crippen LogP contribution in [0.4, 0.5) is 0 Å². The summed E-state index contributed by atoms with van der Waals surface area (Å²) in [6.45, 7) is 0. The molecule has 1 rings (SSSR count). The summed E-state index contributed by atoms with van der Waals surface area (Å²) in [5.41, 5.74) is 0. The van der Waals surface area contributed by atoms with E-state index in [-0.39, 0.29) is 35.6 Å². The normalized spacial score (nSPS) is 9.64. The fourth-order valence-corrected chi connectivity index (χ4v) is 1.29. The molecule has 1 aromatic carbocycles. The summed E-state index contributed by atoms with van der Waals surface area (Å²) in [6.07, 6.45) is 0. The first kappa shape index (κ1) is 16.5.